The zero-order valence-electron chi connectivity index (χ0n) is 16.0. The third-order valence-corrected chi connectivity index (χ3v) is 6.00. The topological polar surface area (TPSA) is 63.0 Å². The van der Waals surface area contributed by atoms with Crippen LogP contribution in [0.3, 0.4) is 0 Å². The Kier molecular flexibility index (Phi) is 4.92. The number of nitrogens with zero attached hydrogens (tertiary/aromatic N) is 7. The smallest absolute Gasteiger partial charge is 0.250 e. The fraction of sp³-hybridized carbons (Fsp3) is 0.474. The van der Waals surface area contributed by atoms with Gasteiger partial charge in [0.2, 0.25) is 5.95 Å². The van der Waals surface area contributed by atoms with Gasteiger partial charge in [0.25, 0.3) is 0 Å². The van der Waals surface area contributed by atoms with E-state index in [2.05, 4.69) is 51.5 Å². The molecule has 0 atom stereocenters. The Morgan fingerprint density at radius 2 is 1.78 bits per heavy atom. The lowest BCUT2D eigenvalue weighted by Crippen LogP contribution is -2.46. The third-order valence-electron chi connectivity index (χ3n) is 4.69. The molecule has 3 aromatic rings. The van der Waals surface area contributed by atoms with E-state index in [9.17, 15) is 0 Å². The Morgan fingerprint density at radius 3 is 2.44 bits per heavy atom. The van der Waals surface area contributed by atoms with Crippen LogP contribution in [0.25, 0.3) is 5.69 Å². The lowest BCUT2D eigenvalue weighted by atomic mass is 9.98. The van der Waals surface area contributed by atoms with Gasteiger partial charge in [-0.05, 0) is 22.6 Å². The number of benzene rings is 1. The summed E-state index contributed by atoms with van der Waals surface area (Å²) in [6.07, 6.45) is 0. The van der Waals surface area contributed by atoms with Crippen LogP contribution in [0.1, 0.15) is 31.5 Å². The molecule has 0 radical (unpaired) electrons. The minimum atomic E-state index is 0.121. The van der Waals surface area contributed by atoms with Crippen LogP contribution in [0.5, 0.6) is 0 Å². The zero-order valence-corrected chi connectivity index (χ0v) is 16.9. The van der Waals surface area contributed by atoms with Crippen molar-refractivity contribution < 1.29 is 0 Å². The molecule has 0 aliphatic carbocycles. The lowest BCUT2D eigenvalue weighted by Gasteiger charge is -2.34. The summed E-state index contributed by atoms with van der Waals surface area (Å²) in [4.78, 5) is 9.53. The Labute approximate surface area is 163 Å². The Bertz CT molecular complexity index is 873. The monoisotopic (exact) mass is 383 g/mol. The van der Waals surface area contributed by atoms with E-state index in [0.29, 0.717) is 0 Å². The van der Waals surface area contributed by atoms with Gasteiger partial charge in [0.1, 0.15) is 0 Å². The van der Waals surface area contributed by atoms with E-state index in [1.54, 1.807) is 11.3 Å². The number of tetrazole rings is 1. The second kappa shape index (κ2) is 7.36. The molecule has 8 heteroatoms. The van der Waals surface area contributed by atoms with Crippen LogP contribution in [0.2, 0.25) is 0 Å². The molecule has 0 unspecified atom stereocenters. The van der Waals surface area contributed by atoms with E-state index in [-0.39, 0.29) is 5.41 Å². The summed E-state index contributed by atoms with van der Waals surface area (Å²) < 4.78 is 1.81. The fourth-order valence-corrected chi connectivity index (χ4v) is 4.07. The van der Waals surface area contributed by atoms with Crippen molar-refractivity contribution in [3.8, 4) is 5.69 Å². The molecular weight excluding hydrogens is 358 g/mol. The molecule has 1 aliphatic rings. The molecule has 1 fully saturated rings. The number of piperazine rings is 1. The maximum atomic E-state index is 4.83. The summed E-state index contributed by atoms with van der Waals surface area (Å²) >= 11 is 1.77. The van der Waals surface area contributed by atoms with Gasteiger partial charge in [0.05, 0.1) is 16.4 Å². The highest BCUT2D eigenvalue weighted by Gasteiger charge is 2.24. The molecule has 0 saturated carbocycles. The maximum Gasteiger partial charge on any atom is 0.250 e. The summed E-state index contributed by atoms with van der Waals surface area (Å²) in [6.45, 7) is 11.3. The highest BCUT2D eigenvalue weighted by molar-refractivity contribution is 7.09. The van der Waals surface area contributed by atoms with Crippen LogP contribution in [0.15, 0.2) is 35.7 Å². The van der Waals surface area contributed by atoms with Gasteiger partial charge in [-0.1, -0.05) is 44.1 Å². The quantitative estimate of drug-likeness (QED) is 0.690. The number of anilines is 1. The van der Waals surface area contributed by atoms with Gasteiger partial charge in [0, 0.05) is 43.5 Å². The third kappa shape index (κ3) is 4.01. The van der Waals surface area contributed by atoms with Crippen molar-refractivity contribution in [1.29, 1.82) is 0 Å². The van der Waals surface area contributed by atoms with E-state index >= 15 is 0 Å². The van der Waals surface area contributed by atoms with Crippen LogP contribution in [-0.4, -0.2) is 56.3 Å². The molecule has 3 heterocycles. The normalized spacial score (nSPS) is 16.0. The molecule has 2 aromatic heterocycles. The first kappa shape index (κ1) is 18.1. The fourth-order valence-electron chi connectivity index (χ4n) is 3.18. The molecule has 7 nitrogen and oxygen atoms in total. The predicted octanol–water partition coefficient (Wildman–Crippen LogP) is 2.74. The molecular formula is C19H25N7S. The summed E-state index contributed by atoms with van der Waals surface area (Å²) in [5.41, 5.74) is 2.28. The van der Waals surface area contributed by atoms with E-state index < -0.39 is 0 Å². The highest BCUT2D eigenvalue weighted by Crippen LogP contribution is 2.26. The van der Waals surface area contributed by atoms with Crippen molar-refractivity contribution >= 4 is 17.3 Å². The van der Waals surface area contributed by atoms with Gasteiger partial charge < -0.3 is 4.90 Å². The van der Waals surface area contributed by atoms with Crippen molar-refractivity contribution in [3.63, 3.8) is 0 Å². The highest BCUT2D eigenvalue weighted by atomic mass is 32.1. The van der Waals surface area contributed by atoms with Gasteiger partial charge in [0.15, 0.2) is 0 Å². The summed E-state index contributed by atoms with van der Waals surface area (Å²) in [7, 11) is 0. The molecule has 0 amide bonds. The molecule has 0 spiro atoms. The predicted molar refractivity (Wildman–Crippen MR) is 107 cm³/mol. The summed E-state index contributed by atoms with van der Waals surface area (Å²) in [6, 6.07) is 10.0. The van der Waals surface area contributed by atoms with E-state index in [1.165, 1.54) is 10.7 Å². The first-order valence-corrected chi connectivity index (χ1v) is 10.1. The number of thiazole rings is 1. The lowest BCUT2D eigenvalue weighted by molar-refractivity contribution is 0.246. The number of hydrogen-bond donors (Lipinski definition) is 0. The van der Waals surface area contributed by atoms with Crippen molar-refractivity contribution in [2.24, 2.45) is 0 Å². The van der Waals surface area contributed by atoms with Crippen LogP contribution >= 0.6 is 11.3 Å². The Balaban J connectivity index is 1.39. The zero-order chi connectivity index (χ0) is 18.9. The summed E-state index contributed by atoms with van der Waals surface area (Å²) in [5.74, 6) is 0.810. The molecule has 142 valence electrons. The first-order valence-electron chi connectivity index (χ1n) is 9.27. The van der Waals surface area contributed by atoms with Crippen molar-refractivity contribution in [3.05, 3.63) is 46.4 Å². The molecule has 0 bridgehead atoms. The van der Waals surface area contributed by atoms with Gasteiger partial charge in [-0.25, -0.2) is 4.98 Å². The average Bonchev–Trinajstić information content (AvgIpc) is 3.32. The second-order valence-electron chi connectivity index (χ2n) is 7.88. The van der Waals surface area contributed by atoms with Gasteiger partial charge in [-0.15, -0.1) is 11.3 Å². The van der Waals surface area contributed by atoms with Crippen LogP contribution in [-0.2, 0) is 12.0 Å². The van der Waals surface area contributed by atoms with Crippen molar-refractivity contribution in [2.45, 2.75) is 32.7 Å². The standard InChI is InChI=1S/C19H25N7S/c1-19(2,3)17-20-15(14-27-17)13-24-9-11-25(12-10-24)18-21-22-23-26(18)16-7-5-4-6-8-16/h4-8,14H,9-13H2,1-3H3. The van der Waals surface area contributed by atoms with E-state index in [0.717, 1.165) is 44.4 Å². The van der Waals surface area contributed by atoms with Crippen molar-refractivity contribution in [1.82, 2.24) is 30.1 Å². The number of aromatic nitrogens is 5. The molecule has 1 aromatic carbocycles. The minimum absolute atomic E-state index is 0.121. The molecule has 27 heavy (non-hydrogen) atoms. The van der Waals surface area contributed by atoms with Gasteiger partial charge in [-0.2, -0.15) is 4.68 Å². The first-order chi connectivity index (χ1) is 13.0. The number of hydrogen-bond acceptors (Lipinski definition) is 7. The minimum Gasteiger partial charge on any atom is -0.337 e. The Hall–Kier alpha value is -2.32. The largest absolute Gasteiger partial charge is 0.337 e. The van der Waals surface area contributed by atoms with Crippen LogP contribution < -0.4 is 4.90 Å². The average molecular weight is 384 g/mol. The second-order valence-corrected chi connectivity index (χ2v) is 8.74. The van der Waals surface area contributed by atoms with Crippen LogP contribution in [0, 0.1) is 0 Å². The molecule has 1 saturated heterocycles. The van der Waals surface area contributed by atoms with Crippen LogP contribution in [0.4, 0.5) is 5.95 Å². The maximum absolute atomic E-state index is 4.83. The number of para-hydroxylation sites is 1. The molecule has 0 N–H and O–H groups in total. The van der Waals surface area contributed by atoms with Gasteiger partial charge >= 0.3 is 0 Å². The summed E-state index contributed by atoms with van der Waals surface area (Å²) in [5, 5.41) is 15.7. The van der Waals surface area contributed by atoms with E-state index in [4.69, 9.17) is 4.98 Å². The van der Waals surface area contributed by atoms with E-state index in [1.807, 2.05) is 35.0 Å². The SMILES string of the molecule is CC(C)(C)c1nc(CN2CCN(c3nnnn3-c3ccccc3)CC2)cs1. The Morgan fingerprint density at radius 1 is 1.04 bits per heavy atom. The molecule has 4 rings (SSSR count). The number of rotatable bonds is 4. The van der Waals surface area contributed by atoms with Gasteiger partial charge in [-0.3, -0.25) is 4.90 Å². The molecule has 1 aliphatic heterocycles. The van der Waals surface area contributed by atoms with Crippen molar-refractivity contribution in [2.75, 3.05) is 31.1 Å².